The molecule has 16 heavy (non-hydrogen) atoms. The molecule has 0 unspecified atom stereocenters. The van der Waals surface area contributed by atoms with Crippen LogP contribution < -0.4 is 0 Å². The first-order valence-electron chi connectivity index (χ1n) is 5.33. The van der Waals surface area contributed by atoms with Gasteiger partial charge in [-0.1, -0.05) is 6.92 Å². The summed E-state index contributed by atoms with van der Waals surface area (Å²) in [6.45, 7) is 5.40. The van der Waals surface area contributed by atoms with Crippen molar-refractivity contribution >= 4 is 5.91 Å². The van der Waals surface area contributed by atoms with Crippen molar-refractivity contribution < 1.29 is 4.79 Å². The van der Waals surface area contributed by atoms with Crippen molar-refractivity contribution in [3.8, 4) is 12.3 Å². The Labute approximate surface area is 96.2 Å². The highest BCUT2D eigenvalue weighted by Crippen LogP contribution is 2.07. The second kappa shape index (κ2) is 5.36. The summed E-state index contributed by atoms with van der Waals surface area (Å²) in [5, 5.41) is 4.37. The SMILES string of the molecule is C#CC(=O)N(C)Cc1cc(C)nn1CCC. The first kappa shape index (κ1) is 12.3. The smallest absolute Gasteiger partial charge is 0.298 e. The zero-order chi connectivity index (χ0) is 12.1. The molecule has 0 saturated carbocycles. The van der Waals surface area contributed by atoms with E-state index in [2.05, 4.69) is 17.9 Å². The predicted octanol–water partition coefficient (Wildman–Crippen LogP) is 1.19. The maximum atomic E-state index is 11.3. The van der Waals surface area contributed by atoms with Crippen LogP contribution in [0.1, 0.15) is 24.7 Å². The van der Waals surface area contributed by atoms with Crippen LogP contribution >= 0.6 is 0 Å². The lowest BCUT2D eigenvalue weighted by Gasteiger charge is -2.14. The van der Waals surface area contributed by atoms with Gasteiger partial charge in [0.05, 0.1) is 17.9 Å². The fraction of sp³-hybridized carbons (Fsp3) is 0.500. The molecule has 0 aliphatic carbocycles. The van der Waals surface area contributed by atoms with Gasteiger partial charge in [-0.15, -0.1) is 6.42 Å². The van der Waals surface area contributed by atoms with E-state index in [1.807, 2.05) is 17.7 Å². The summed E-state index contributed by atoms with van der Waals surface area (Å²) in [6.07, 6.45) is 6.08. The lowest BCUT2D eigenvalue weighted by atomic mass is 10.3. The van der Waals surface area contributed by atoms with Gasteiger partial charge in [0.1, 0.15) is 0 Å². The van der Waals surface area contributed by atoms with E-state index in [1.54, 1.807) is 7.05 Å². The van der Waals surface area contributed by atoms with Crippen LogP contribution in [0.5, 0.6) is 0 Å². The Hall–Kier alpha value is -1.76. The van der Waals surface area contributed by atoms with Crippen molar-refractivity contribution in [2.75, 3.05) is 7.05 Å². The van der Waals surface area contributed by atoms with E-state index < -0.39 is 0 Å². The monoisotopic (exact) mass is 219 g/mol. The van der Waals surface area contributed by atoms with Crippen LogP contribution in [0.15, 0.2) is 6.07 Å². The molecule has 0 aliphatic rings. The summed E-state index contributed by atoms with van der Waals surface area (Å²) < 4.78 is 1.93. The Morgan fingerprint density at radius 2 is 2.38 bits per heavy atom. The maximum absolute atomic E-state index is 11.3. The van der Waals surface area contributed by atoms with Gasteiger partial charge in [0.2, 0.25) is 0 Å². The summed E-state index contributed by atoms with van der Waals surface area (Å²) >= 11 is 0. The Morgan fingerprint density at radius 3 is 2.94 bits per heavy atom. The molecular formula is C12H17N3O. The van der Waals surface area contributed by atoms with E-state index in [0.29, 0.717) is 6.54 Å². The van der Waals surface area contributed by atoms with Crippen molar-refractivity contribution in [3.05, 3.63) is 17.5 Å². The van der Waals surface area contributed by atoms with E-state index in [1.165, 1.54) is 4.90 Å². The highest BCUT2D eigenvalue weighted by atomic mass is 16.2. The standard InChI is InChI=1S/C12H17N3O/c1-5-7-15-11(8-10(3)13-15)9-14(4)12(16)6-2/h2,8H,5,7,9H2,1,3-4H3. The van der Waals surface area contributed by atoms with E-state index in [9.17, 15) is 4.79 Å². The summed E-state index contributed by atoms with van der Waals surface area (Å²) in [6, 6.07) is 1.98. The first-order valence-corrected chi connectivity index (χ1v) is 5.33. The van der Waals surface area contributed by atoms with Gasteiger partial charge >= 0.3 is 0 Å². The minimum atomic E-state index is -0.304. The zero-order valence-electron chi connectivity index (χ0n) is 10.0. The molecule has 0 saturated heterocycles. The third-order valence-electron chi connectivity index (χ3n) is 2.29. The highest BCUT2D eigenvalue weighted by molar-refractivity contribution is 5.92. The number of aromatic nitrogens is 2. The van der Waals surface area contributed by atoms with Crippen molar-refractivity contribution in [2.24, 2.45) is 0 Å². The number of amides is 1. The minimum absolute atomic E-state index is 0.304. The van der Waals surface area contributed by atoms with E-state index >= 15 is 0 Å². The van der Waals surface area contributed by atoms with Gasteiger partial charge in [-0.2, -0.15) is 5.10 Å². The van der Waals surface area contributed by atoms with Crippen LogP contribution in [0, 0.1) is 19.3 Å². The van der Waals surface area contributed by atoms with Crippen molar-refractivity contribution in [3.63, 3.8) is 0 Å². The van der Waals surface area contributed by atoms with Gasteiger partial charge in [-0.05, 0) is 25.3 Å². The molecule has 0 bridgehead atoms. The van der Waals surface area contributed by atoms with Crippen LogP contribution in [0.2, 0.25) is 0 Å². The topological polar surface area (TPSA) is 38.1 Å². The van der Waals surface area contributed by atoms with Crippen LogP contribution in [0.25, 0.3) is 0 Å². The van der Waals surface area contributed by atoms with Gasteiger partial charge in [-0.3, -0.25) is 9.48 Å². The lowest BCUT2D eigenvalue weighted by Crippen LogP contribution is -2.25. The number of terminal acetylenes is 1. The Bertz CT molecular complexity index is 414. The van der Waals surface area contributed by atoms with Crippen LogP contribution in [-0.2, 0) is 17.9 Å². The normalized spacial score (nSPS) is 9.88. The highest BCUT2D eigenvalue weighted by Gasteiger charge is 2.10. The lowest BCUT2D eigenvalue weighted by molar-refractivity contribution is -0.124. The Balaban J connectivity index is 2.80. The molecule has 0 atom stereocenters. The fourth-order valence-electron chi connectivity index (χ4n) is 1.56. The summed E-state index contributed by atoms with van der Waals surface area (Å²) in [5.74, 6) is 1.80. The van der Waals surface area contributed by atoms with Gasteiger partial charge in [0, 0.05) is 13.6 Å². The van der Waals surface area contributed by atoms with E-state index in [-0.39, 0.29) is 5.91 Å². The molecule has 0 spiro atoms. The fourth-order valence-corrected chi connectivity index (χ4v) is 1.56. The average molecular weight is 219 g/mol. The van der Waals surface area contributed by atoms with Crippen LogP contribution in [-0.4, -0.2) is 27.6 Å². The van der Waals surface area contributed by atoms with Crippen LogP contribution in [0.4, 0.5) is 0 Å². The largest absolute Gasteiger partial charge is 0.329 e. The van der Waals surface area contributed by atoms with Gasteiger partial charge in [-0.25, -0.2) is 0 Å². The summed E-state index contributed by atoms with van der Waals surface area (Å²) in [5.41, 5.74) is 1.98. The first-order chi connectivity index (χ1) is 7.58. The predicted molar refractivity (Wildman–Crippen MR) is 62.6 cm³/mol. The van der Waals surface area contributed by atoms with Crippen molar-refractivity contribution in [1.29, 1.82) is 0 Å². The molecule has 1 amide bonds. The molecule has 4 heteroatoms. The molecule has 0 aliphatic heterocycles. The maximum Gasteiger partial charge on any atom is 0.298 e. The number of nitrogens with zero attached hydrogens (tertiary/aromatic N) is 3. The van der Waals surface area contributed by atoms with Gasteiger partial charge in [0.15, 0.2) is 0 Å². The van der Waals surface area contributed by atoms with Crippen LogP contribution in [0.3, 0.4) is 0 Å². The number of aryl methyl sites for hydroxylation is 2. The third-order valence-corrected chi connectivity index (χ3v) is 2.29. The van der Waals surface area contributed by atoms with Crippen molar-refractivity contribution in [2.45, 2.75) is 33.4 Å². The number of carbonyl (C=O) groups is 1. The molecule has 0 aromatic carbocycles. The molecule has 0 N–H and O–H groups in total. The quantitative estimate of drug-likeness (QED) is 0.713. The Kier molecular flexibility index (Phi) is 4.12. The van der Waals surface area contributed by atoms with Gasteiger partial charge < -0.3 is 4.90 Å². The number of rotatable bonds is 4. The molecule has 1 rings (SSSR count). The molecular weight excluding hydrogens is 202 g/mol. The molecule has 86 valence electrons. The molecule has 1 heterocycles. The van der Waals surface area contributed by atoms with Gasteiger partial charge in [0.25, 0.3) is 5.91 Å². The molecule has 0 radical (unpaired) electrons. The summed E-state index contributed by atoms with van der Waals surface area (Å²) in [7, 11) is 1.70. The van der Waals surface area contributed by atoms with E-state index in [4.69, 9.17) is 6.42 Å². The molecule has 1 aromatic rings. The Morgan fingerprint density at radius 1 is 1.69 bits per heavy atom. The zero-order valence-corrected chi connectivity index (χ0v) is 10.0. The number of carbonyl (C=O) groups excluding carboxylic acids is 1. The second-order valence-corrected chi connectivity index (χ2v) is 3.81. The van der Waals surface area contributed by atoms with E-state index in [0.717, 1.165) is 24.4 Å². The summed E-state index contributed by atoms with van der Waals surface area (Å²) in [4.78, 5) is 12.8. The number of hydrogen-bond donors (Lipinski definition) is 0. The molecule has 4 nitrogen and oxygen atoms in total. The van der Waals surface area contributed by atoms with Crippen molar-refractivity contribution in [1.82, 2.24) is 14.7 Å². The number of hydrogen-bond acceptors (Lipinski definition) is 2. The average Bonchev–Trinajstić information content (AvgIpc) is 2.58. The molecule has 1 aromatic heterocycles. The molecule has 0 fully saturated rings. The third kappa shape index (κ3) is 2.86. The minimum Gasteiger partial charge on any atom is -0.329 e. The second-order valence-electron chi connectivity index (χ2n) is 3.81.